The van der Waals surface area contributed by atoms with E-state index in [4.69, 9.17) is 14.7 Å². The minimum Gasteiger partial charge on any atom is -0.496 e. The highest BCUT2D eigenvalue weighted by Crippen LogP contribution is 2.38. The Morgan fingerprint density at radius 1 is 1.29 bits per heavy atom. The van der Waals surface area contributed by atoms with Crippen LogP contribution in [-0.4, -0.2) is 22.0 Å². The summed E-state index contributed by atoms with van der Waals surface area (Å²) in [6.07, 6.45) is 0. The lowest BCUT2D eigenvalue weighted by atomic mass is 10.1. The number of rotatable bonds is 6. The second-order valence-electron chi connectivity index (χ2n) is 6.53. The van der Waals surface area contributed by atoms with Crippen molar-refractivity contribution in [3.05, 3.63) is 40.3 Å². The van der Waals surface area contributed by atoms with Crippen molar-refractivity contribution in [1.82, 2.24) is 0 Å². The molecular formula is C15H25N3O2Si. The Morgan fingerprint density at radius 2 is 1.90 bits per heavy atom. The van der Waals surface area contributed by atoms with E-state index in [2.05, 4.69) is 43.9 Å². The van der Waals surface area contributed by atoms with E-state index in [1.54, 1.807) is 7.11 Å². The van der Waals surface area contributed by atoms with Gasteiger partial charge in [0.05, 0.1) is 13.2 Å². The van der Waals surface area contributed by atoms with Crippen molar-refractivity contribution in [1.29, 1.82) is 0 Å². The summed E-state index contributed by atoms with van der Waals surface area (Å²) in [6.45, 7) is 11.3. The molecule has 0 saturated heterocycles. The molecule has 0 N–H and O–H groups in total. The molecule has 0 saturated carbocycles. The lowest BCUT2D eigenvalue weighted by molar-refractivity contribution is 0.261. The van der Waals surface area contributed by atoms with Crippen LogP contribution < -0.4 is 4.74 Å². The smallest absolute Gasteiger partial charge is 0.192 e. The molecule has 0 aromatic heterocycles. The average molecular weight is 307 g/mol. The Bertz CT molecular complexity index is 520. The largest absolute Gasteiger partial charge is 0.496 e. The molecule has 1 rings (SSSR count). The van der Waals surface area contributed by atoms with Crippen LogP contribution in [-0.2, 0) is 4.43 Å². The normalized spacial score (nSPS) is 13.4. The topological polar surface area (TPSA) is 67.2 Å². The number of nitrogens with zero attached hydrogens (tertiary/aromatic N) is 3. The third kappa shape index (κ3) is 4.49. The van der Waals surface area contributed by atoms with Gasteiger partial charge in [-0.2, -0.15) is 0 Å². The summed E-state index contributed by atoms with van der Waals surface area (Å²) in [5, 5.41) is 4.01. The van der Waals surface area contributed by atoms with Gasteiger partial charge in [-0.1, -0.05) is 44.1 Å². The van der Waals surface area contributed by atoms with Crippen molar-refractivity contribution < 1.29 is 9.16 Å². The summed E-state index contributed by atoms with van der Waals surface area (Å²) < 4.78 is 11.5. The van der Waals surface area contributed by atoms with Crippen LogP contribution in [0, 0.1) is 0 Å². The van der Waals surface area contributed by atoms with Gasteiger partial charge in [0, 0.05) is 17.1 Å². The number of ether oxygens (including phenoxy) is 1. The molecule has 116 valence electrons. The predicted molar refractivity (Wildman–Crippen MR) is 88.0 cm³/mol. The van der Waals surface area contributed by atoms with Crippen LogP contribution in [0.5, 0.6) is 5.75 Å². The summed E-state index contributed by atoms with van der Waals surface area (Å²) in [7, 11) is -0.269. The van der Waals surface area contributed by atoms with E-state index in [9.17, 15) is 0 Å². The van der Waals surface area contributed by atoms with Crippen molar-refractivity contribution in [2.24, 2.45) is 5.11 Å². The first-order valence-electron chi connectivity index (χ1n) is 7.04. The Labute approximate surface area is 128 Å². The second-order valence-corrected chi connectivity index (χ2v) is 11.3. The van der Waals surface area contributed by atoms with Gasteiger partial charge < -0.3 is 9.16 Å². The maximum atomic E-state index is 8.82. The van der Waals surface area contributed by atoms with Crippen molar-refractivity contribution >= 4 is 8.32 Å². The van der Waals surface area contributed by atoms with Crippen molar-refractivity contribution in [3.63, 3.8) is 0 Å². The predicted octanol–water partition coefficient (Wildman–Crippen LogP) is 5.07. The molecule has 0 spiro atoms. The van der Waals surface area contributed by atoms with Gasteiger partial charge in [0.2, 0.25) is 0 Å². The zero-order chi connectivity index (χ0) is 16.1. The molecular weight excluding hydrogens is 282 g/mol. The quantitative estimate of drug-likeness (QED) is 0.319. The molecule has 0 aliphatic rings. The molecule has 0 radical (unpaired) electrons. The summed E-state index contributed by atoms with van der Waals surface area (Å²) >= 11 is 0. The van der Waals surface area contributed by atoms with Crippen LogP contribution in [0.25, 0.3) is 10.4 Å². The van der Waals surface area contributed by atoms with E-state index in [0.717, 1.165) is 5.56 Å². The summed E-state index contributed by atoms with van der Waals surface area (Å²) in [4.78, 5) is 2.96. The molecule has 1 aromatic carbocycles. The number of para-hydroxylation sites is 1. The Balaban J connectivity index is 2.97. The molecule has 0 unspecified atom stereocenters. The monoisotopic (exact) mass is 307 g/mol. The van der Waals surface area contributed by atoms with Crippen LogP contribution in [0.3, 0.4) is 0 Å². The Hall–Kier alpha value is -1.49. The van der Waals surface area contributed by atoms with Crippen molar-refractivity contribution in [2.45, 2.75) is 44.9 Å². The third-order valence-electron chi connectivity index (χ3n) is 4.10. The lowest BCUT2D eigenvalue weighted by Crippen LogP contribution is -2.41. The fourth-order valence-corrected chi connectivity index (χ4v) is 2.70. The van der Waals surface area contributed by atoms with Gasteiger partial charge in [0.15, 0.2) is 8.32 Å². The number of hydrogen-bond acceptors (Lipinski definition) is 3. The third-order valence-corrected chi connectivity index (χ3v) is 8.60. The SMILES string of the molecule is COc1ccccc1[C@H](CO[Si](C)(C)C(C)(C)C)N=[N+]=[N-]. The van der Waals surface area contributed by atoms with Gasteiger partial charge >= 0.3 is 0 Å². The lowest BCUT2D eigenvalue weighted by Gasteiger charge is -2.37. The first kappa shape index (κ1) is 17.6. The highest BCUT2D eigenvalue weighted by Gasteiger charge is 2.37. The van der Waals surface area contributed by atoms with Gasteiger partial charge in [0.1, 0.15) is 5.75 Å². The molecule has 5 nitrogen and oxygen atoms in total. The van der Waals surface area contributed by atoms with E-state index in [0.29, 0.717) is 12.4 Å². The van der Waals surface area contributed by atoms with E-state index in [-0.39, 0.29) is 11.1 Å². The van der Waals surface area contributed by atoms with Gasteiger partial charge in [-0.25, -0.2) is 0 Å². The Morgan fingerprint density at radius 3 is 2.43 bits per heavy atom. The first-order chi connectivity index (χ1) is 9.73. The fourth-order valence-electron chi connectivity index (χ4n) is 1.69. The van der Waals surface area contributed by atoms with Crippen LogP contribution in [0.4, 0.5) is 0 Å². The molecule has 1 atom stereocenters. The van der Waals surface area contributed by atoms with Gasteiger partial charge in [-0.3, -0.25) is 0 Å². The molecule has 0 fully saturated rings. The van der Waals surface area contributed by atoms with Gasteiger partial charge in [0.25, 0.3) is 0 Å². The highest BCUT2D eigenvalue weighted by atomic mass is 28.4. The van der Waals surface area contributed by atoms with Crippen molar-refractivity contribution in [3.8, 4) is 5.75 Å². The number of methoxy groups -OCH3 is 1. The molecule has 0 aliphatic heterocycles. The Kier molecular flexibility index (Phi) is 5.84. The maximum Gasteiger partial charge on any atom is 0.192 e. The molecule has 1 aromatic rings. The van der Waals surface area contributed by atoms with E-state index in [1.807, 2.05) is 24.3 Å². The minimum absolute atomic E-state index is 0.120. The summed E-state index contributed by atoms with van der Waals surface area (Å²) in [6, 6.07) is 7.20. The molecule has 21 heavy (non-hydrogen) atoms. The first-order valence-corrected chi connectivity index (χ1v) is 9.95. The number of hydrogen-bond donors (Lipinski definition) is 0. The van der Waals surface area contributed by atoms with E-state index < -0.39 is 8.32 Å². The fraction of sp³-hybridized carbons (Fsp3) is 0.600. The summed E-state index contributed by atoms with van der Waals surface area (Å²) in [5.74, 6) is 0.716. The van der Waals surface area contributed by atoms with E-state index >= 15 is 0 Å². The zero-order valence-corrected chi connectivity index (χ0v) is 14.8. The van der Waals surface area contributed by atoms with Gasteiger partial charge in [-0.15, -0.1) is 0 Å². The van der Waals surface area contributed by atoms with Crippen LogP contribution in [0.1, 0.15) is 32.4 Å². The molecule has 0 heterocycles. The van der Waals surface area contributed by atoms with Crippen LogP contribution in [0.15, 0.2) is 29.4 Å². The van der Waals surface area contributed by atoms with Gasteiger partial charge in [-0.05, 0) is 29.7 Å². The van der Waals surface area contributed by atoms with Crippen molar-refractivity contribution in [2.75, 3.05) is 13.7 Å². The second kappa shape index (κ2) is 6.98. The molecule has 6 heteroatoms. The molecule has 0 aliphatic carbocycles. The van der Waals surface area contributed by atoms with Crippen LogP contribution in [0.2, 0.25) is 18.1 Å². The maximum absolute atomic E-state index is 8.82. The average Bonchev–Trinajstić information content (AvgIpc) is 2.42. The molecule has 0 amide bonds. The highest BCUT2D eigenvalue weighted by molar-refractivity contribution is 6.74. The number of azide groups is 1. The van der Waals surface area contributed by atoms with Crippen LogP contribution >= 0.6 is 0 Å². The standard InChI is InChI=1S/C15H25N3O2Si/c1-15(2,3)21(5,6)20-11-13(17-18-16)12-9-7-8-10-14(12)19-4/h7-10,13H,11H2,1-6H3/t13-/m0/s1. The van der Waals surface area contributed by atoms with E-state index in [1.165, 1.54) is 0 Å². The summed E-state index contributed by atoms with van der Waals surface area (Å²) in [5.41, 5.74) is 9.68. The minimum atomic E-state index is -1.88. The molecule has 0 bridgehead atoms. The number of benzene rings is 1. The zero-order valence-electron chi connectivity index (χ0n) is 13.8.